The Kier molecular flexibility index (Phi) is 3.12. The first-order chi connectivity index (χ1) is 9.66. The van der Waals surface area contributed by atoms with E-state index >= 15 is 0 Å². The third-order valence-corrected chi connectivity index (χ3v) is 3.13. The molecular weight excluding hydrogens is 278 g/mol. The van der Waals surface area contributed by atoms with Gasteiger partial charge in [-0.2, -0.15) is 0 Å². The smallest absolute Gasteiger partial charge is 0.294 e. The summed E-state index contributed by atoms with van der Waals surface area (Å²) in [5.74, 6) is 0.824. The molecule has 0 atom stereocenters. The molecule has 0 saturated carbocycles. The molecule has 0 unspecified atom stereocenters. The van der Waals surface area contributed by atoms with Gasteiger partial charge in [0.25, 0.3) is 5.56 Å². The van der Waals surface area contributed by atoms with E-state index in [4.69, 9.17) is 16.4 Å². The number of benzene rings is 1. The van der Waals surface area contributed by atoms with Crippen molar-refractivity contribution >= 4 is 22.5 Å². The van der Waals surface area contributed by atoms with Crippen LogP contribution in [0, 0.1) is 6.92 Å². The van der Waals surface area contributed by atoms with E-state index in [-0.39, 0.29) is 5.56 Å². The summed E-state index contributed by atoms with van der Waals surface area (Å²) in [5, 5.41) is 0.867. The average Bonchev–Trinajstić information content (AvgIpc) is 2.45. The lowest BCUT2D eigenvalue weighted by atomic mass is 10.3. The van der Waals surface area contributed by atoms with Gasteiger partial charge in [-0.3, -0.25) is 9.78 Å². The normalized spacial score (nSPS) is 10.7. The second-order valence-corrected chi connectivity index (χ2v) is 4.58. The Bertz CT molecular complexity index is 845. The third kappa shape index (κ3) is 2.12. The molecule has 0 aliphatic carbocycles. The van der Waals surface area contributed by atoms with Crippen molar-refractivity contribution in [3.8, 4) is 5.75 Å². The predicted octanol–water partition coefficient (Wildman–Crippen LogP) is 2.60. The second-order valence-electron chi connectivity index (χ2n) is 4.17. The molecule has 2 aromatic heterocycles. The number of aryl methyl sites for hydroxylation is 1. The van der Waals surface area contributed by atoms with E-state index in [0.29, 0.717) is 27.5 Å². The lowest BCUT2D eigenvalue weighted by Crippen LogP contribution is -2.27. The van der Waals surface area contributed by atoms with Crippen LogP contribution in [0.4, 0.5) is 0 Å². The van der Waals surface area contributed by atoms with Crippen LogP contribution in [0.2, 0.25) is 5.02 Å². The molecule has 0 saturated heterocycles. The Labute approximate surface area is 119 Å². The summed E-state index contributed by atoms with van der Waals surface area (Å²) in [6, 6.07) is 8.55. The Morgan fingerprint density at radius 3 is 2.85 bits per heavy atom. The quantitative estimate of drug-likeness (QED) is 0.727. The average molecular weight is 288 g/mol. The van der Waals surface area contributed by atoms with E-state index in [9.17, 15) is 4.79 Å². The number of fused-ring (bicyclic) bond motifs is 1. The molecule has 0 aliphatic heterocycles. The number of pyridine rings is 1. The molecule has 100 valence electrons. The Balaban J connectivity index is 2.17. The van der Waals surface area contributed by atoms with Gasteiger partial charge in [0, 0.05) is 6.20 Å². The van der Waals surface area contributed by atoms with Crippen LogP contribution in [0.5, 0.6) is 5.75 Å². The van der Waals surface area contributed by atoms with Crippen LogP contribution in [0.25, 0.3) is 10.9 Å². The molecule has 0 amide bonds. The number of halogens is 1. The van der Waals surface area contributed by atoms with E-state index in [1.54, 1.807) is 49.6 Å². The van der Waals surface area contributed by atoms with Gasteiger partial charge in [0.2, 0.25) is 0 Å². The van der Waals surface area contributed by atoms with Crippen molar-refractivity contribution in [1.82, 2.24) is 14.7 Å². The number of rotatable bonds is 2. The fourth-order valence-corrected chi connectivity index (χ4v) is 2.03. The number of nitrogens with zero attached hydrogens (tertiary/aromatic N) is 3. The second kappa shape index (κ2) is 4.94. The van der Waals surface area contributed by atoms with Crippen molar-refractivity contribution in [3.05, 3.63) is 63.9 Å². The molecule has 3 rings (SSSR count). The van der Waals surface area contributed by atoms with Crippen molar-refractivity contribution in [2.45, 2.75) is 6.92 Å². The van der Waals surface area contributed by atoms with E-state index in [2.05, 4.69) is 9.97 Å². The van der Waals surface area contributed by atoms with Crippen molar-refractivity contribution in [2.24, 2.45) is 0 Å². The van der Waals surface area contributed by atoms with Crippen LogP contribution < -0.4 is 10.4 Å². The molecule has 0 spiro atoms. The van der Waals surface area contributed by atoms with Gasteiger partial charge in [-0.05, 0) is 25.1 Å². The summed E-state index contributed by atoms with van der Waals surface area (Å²) in [7, 11) is 0. The topological polar surface area (TPSA) is 57.0 Å². The SMILES string of the molecule is Cc1nc2cnccc2c(=O)n1Oc1ccccc1Cl. The van der Waals surface area contributed by atoms with Gasteiger partial charge in [-0.25, -0.2) is 4.98 Å². The van der Waals surface area contributed by atoms with Crippen molar-refractivity contribution in [2.75, 3.05) is 0 Å². The van der Waals surface area contributed by atoms with E-state index in [1.165, 1.54) is 0 Å². The summed E-state index contributed by atoms with van der Waals surface area (Å²) in [6.45, 7) is 1.69. The van der Waals surface area contributed by atoms with E-state index in [1.807, 2.05) is 0 Å². The molecule has 3 aromatic rings. The first kappa shape index (κ1) is 12.6. The van der Waals surface area contributed by atoms with Crippen LogP contribution in [-0.4, -0.2) is 14.7 Å². The van der Waals surface area contributed by atoms with Crippen molar-refractivity contribution in [3.63, 3.8) is 0 Å². The van der Waals surface area contributed by atoms with Gasteiger partial charge in [0.1, 0.15) is 5.82 Å². The van der Waals surface area contributed by atoms with Crippen LogP contribution in [-0.2, 0) is 0 Å². The molecule has 0 N–H and O–H groups in total. The zero-order valence-electron chi connectivity index (χ0n) is 10.6. The zero-order chi connectivity index (χ0) is 14.1. The molecule has 0 radical (unpaired) electrons. The van der Waals surface area contributed by atoms with E-state index < -0.39 is 0 Å². The van der Waals surface area contributed by atoms with Crippen LogP contribution in [0.15, 0.2) is 47.5 Å². The van der Waals surface area contributed by atoms with Gasteiger partial charge >= 0.3 is 0 Å². The minimum Gasteiger partial charge on any atom is -0.369 e. The van der Waals surface area contributed by atoms with Gasteiger partial charge < -0.3 is 4.84 Å². The number of hydrogen-bond acceptors (Lipinski definition) is 4. The summed E-state index contributed by atoms with van der Waals surface area (Å²) >= 11 is 6.03. The molecule has 6 heteroatoms. The van der Waals surface area contributed by atoms with Crippen LogP contribution >= 0.6 is 11.6 Å². The molecule has 0 fully saturated rings. The molecule has 5 nitrogen and oxygen atoms in total. The van der Waals surface area contributed by atoms with Crippen molar-refractivity contribution < 1.29 is 4.84 Å². The van der Waals surface area contributed by atoms with Gasteiger partial charge in [0.15, 0.2) is 5.75 Å². The Morgan fingerprint density at radius 1 is 1.25 bits per heavy atom. The first-order valence-corrected chi connectivity index (χ1v) is 6.31. The summed E-state index contributed by atoms with van der Waals surface area (Å²) in [6.07, 6.45) is 3.09. The molecule has 0 bridgehead atoms. The maximum absolute atomic E-state index is 12.4. The number of hydrogen-bond donors (Lipinski definition) is 0. The number of para-hydroxylation sites is 1. The summed E-state index contributed by atoms with van der Waals surface area (Å²) in [4.78, 5) is 26.2. The predicted molar refractivity (Wildman–Crippen MR) is 76.0 cm³/mol. The zero-order valence-corrected chi connectivity index (χ0v) is 11.3. The highest BCUT2D eigenvalue weighted by Gasteiger charge is 2.11. The van der Waals surface area contributed by atoms with E-state index in [0.717, 1.165) is 4.73 Å². The minimum atomic E-state index is -0.296. The van der Waals surface area contributed by atoms with Gasteiger partial charge in [0.05, 0.1) is 22.1 Å². The van der Waals surface area contributed by atoms with Crippen LogP contribution in [0.1, 0.15) is 5.82 Å². The van der Waals surface area contributed by atoms with Gasteiger partial charge in [-0.1, -0.05) is 23.7 Å². The minimum absolute atomic E-state index is 0.296. The highest BCUT2D eigenvalue weighted by molar-refractivity contribution is 6.32. The lowest BCUT2D eigenvalue weighted by molar-refractivity contribution is 0.195. The standard InChI is InChI=1S/C14H10ClN3O2/c1-9-17-12-8-16-7-6-10(12)14(19)18(9)20-13-5-3-2-4-11(13)15/h2-8H,1H3. The fourth-order valence-electron chi connectivity index (χ4n) is 1.86. The van der Waals surface area contributed by atoms with Crippen molar-refractivity contribution in [1.29, 1.82) is 0 Å². The maximum Gasteiger partial charge on any atom is 0.294 e. The summed E-state index contributed by atoms with van der Waals surface area (Å²) in [5.41, 5.74) is 0.240. The lowest BCUT2D eigenvalue weighted by Gasteiger charge is -2.12. The molecule has 1 aromatic carbocycles. The first-order valence-electron chi connectivity index (χ1n) is 5.93. The van der Waals surface area contributed by atoms with Crippen LogP contribution in [0.3, 0.4) is 0 Å². The number of aromatic nitrogens is 3. The maximum atomic E-state index is 12.4. The summed E-state index contributed by atoms with van der Waals surface area (Å²) < 4.78 is 1.13. The third-order valence-electron chi connectivity index (χ3n) is 2.82. The Hall–Kier alpha value is -2.40. The van der Waals surface area contributed by atoms with Gasteiger partial charge in [-0.15, -0.1) is 4.73 Å². The monoisotopic (exact) mass is 287 g/mol. The molecule has 2 heterocycles. The largest absolute Gasteiger partial charge is 0.369 e. The molecular formula is C14H10ClN3O2. The highest BCUT2D eigenvalue weighted by Crippen LogP contribution is 2.23. The Morgan fingerprint density at radius 2 is 2.05 bits per heavy atom. The highest BCUT2D eigenvalue weighted by atomic mass is 35.5. The fraction of sp³-hybridized carbons (Fsp3) is 0.0714. The molecule has 0 aliphatic rings. The molecule has 20 heavy (non-hydrogen) atoms.